The number of nitrogens with zero attached hydrogens (tertiary/aromatic N) is 2. The molecule has 0 fully saturated rings. The number of hydrogen-bond donors (Lipinski definition) is 2. The first kappa shape index (κ1) is 20.6. The van der Waals surface area contributed by atoms with Crippen LogP contribution < -0.4 is 15.6 Å². The molecule has 0 bridgehead atoms. The normalized spacial score (nSPS) is 12.2. The Bertz CT molecular complexity index is 1280. The summed E-state index contributed by atoms with van der Waals surface area (Å²) < 4.78 is 13.0. The van der Waals surface area contributed by atoms with Crippen molar-refractivity contribution >= 4 is 11.8 Å². The summed E-state index contributed by atoms with van der Waals surface area (Å²) in [5, 5.41) is 4.52. The van der Waals surface area contributed by atoms with Crippen LogP contribution in [-0.4, -0.2) is 21.6 Å². The van der Waals surface area contributed by atoms with Gasteiger partial charge >= 0.3 is 5.91 Å². The third-order valence-electron chi connectivity index (χ3n) is 5.45. The molecule has 2 heterocycles. The molecule has 0 radical (unpaired) electrons. The molecule has 0 atom stereocenters. The Morgan fingerprint density at radius 2 is 1.64 bits per heavy atom. The summed E-state index contributed by atoms with van der Waals surface area (Å²) in [6.45, 7) is 0.187. The summed E-state index contributed by atoms with van der Waals surface area (Å²) in [4.78, 5) is 25.2. The zero-order valence-electron chi connectivity index (χ0n) is 17.8. The van der Waals surface area contributed by atoms with E-state index in [1.54, 1.807) is 6.07 Å². The van der Waals surface area contributed by atoms with Gasteiger partial charge in [-0.3, -0.25) is 20.4 Å². The number of amides is 2. The molecule has 1 aliphatic carbocycles. The standard InChI is InChI=1S/C25H22N4O4/c30-24(22-15-14-19(33-22)16-32-18-10-5-2-6-11-18)26-27-25(31)23-20-12-7-13-21(20)29(28-23)17-8-3-1-4-9-17/h1-6,8-11,14-15H,7,12-13,16H2,(H,26,30)(H,27,31). The fraction of sp³-hybridized carbons (Fsp3) is 0.160. The molecule has 8 heteroatoms. The molecule has 2 aromatic carbocycles. The van der Waals surface area contributed by atoms with Crippen LogP contribution in [0.4, 0.5) is 0 Å². The van der Waals surface area contributed by atoms with E-state index in [2.05, 4.69) is 16.0 Å². The lowest BCUT2D eigenvalue weighted by atomic mass is 10.2. The zero-order chi connectivity index (χ0) is 22.6. The summed E-state index contributed by atoms with van der Waals surface area (Å²) in [5.74, 6) is 0.246. The molecular weight excluding hydrogens is 420 g/mol. The highest BCUT2D eigenvalue weighted by molar-refractivity contribution is 5.98. The molecule has 2 N–H and O–H groups in total. The number of carbonyl (C=O) groups is 2. The summed E-state index contributed by atoms with van der Waals surface area (Å²) in [6.07, 6.45) is 2.60. The quantitative estimate of drug-likeness (QED) is 0.445. The third-order valence-corrected chi connectivity index (χ3v) is 5.45. The first-order chi connectivity index (χ1) is 16.2. The van der Waals surface area contributed by atoms with Crippen molar-refractivity contribution in [3.05, 3.63) is 101 Å². The van der Waals surface area contributed by atoms with Crippen molar-refractivity contribution in [3.8, 4) is 11.4 Å². The van der Waals surface area contributed by atoms with E-state index >= 15 is 0 Å². The summed E-state index contributed by atoms with van der Waals surface area (Å²) >= 11 is 0. The molecule has 33 heavy (non-hydrogen) atoms. The number of aromatic nitrogens is 2. The van der Waals surface area contributed by atoms with Crippen molar-refractivity contribution in [1.29, 1.82) is 0 Å². The number of hydrazine groups is 1. The highest BCUT2D eigenvalue weighted by Gasteiger charge is 2.27. The molecule has 1 aliphatic rings. The number of nitrogens with one attached hydrogen (secondary N) is 2. The van der Waals surface area contributed by atoms with Gasteiger partial charge in [-0.05, 0) is 55.7 Å². The van der Waals surface area contributed by atoms with Crippen molar-refractivity contribution in [2.75, 3.05) is 0 Å². The minimum absolute atomic E-state index is 0.0713. The maximum Gasteiger partial charge on any atom is 0.305 e. The lowest BCUT2D eigenvalue weighted by Gasteiger charge is -2.06. The number of ether oxygens (including phenoxy) is 1. The van der Waals surface area contributed by atoms with Gasteiger partial charge < -0.3 is 9.15 Å². The van der Waals surface area contributed by atoms with E-state index < -0.39 is 11.8 Å². The van der Waals surface area contributed by atoms with Crippen molar-refractivity contribution in [1.82, 2.24) is 20.6 Å². The molecule has 0 aliphatic heterocycles. The van der Waals surface area contributed by atoms with Crippen molar-refractivity contribution in [2.45, 2.75) is 25.9 Å². The van der Waals surface area contributed by atoms with Crippen LogP contribution in [-0.2, 0) is 19.4 Å². The van der Waals surface area contributed by atoms with Gasteiger partial charge in [-0.15, -0.1) is 0 Å². The Hall–Kier alpha value is -4.33. The Labute approximate surface area is 190 Å². The van der Waals surface area contributed by atoms with Gasteiger partial charge in [0, 0.05) is 11.3 Å². The molecule has 0 saturated carbocycles. The summed E-state index contributed by atoms with van der Waals surface area (Å²) in [7, 11) is 0. The molecule has 5 rings (SSSR count). The van der Waals surface area contributed by atoms with E-state index in [0.29, 0.717) is 17.2 Å². The van der Waals surface area contributed by atoms with Crippen LogP contribution in [0, 0.1) is 0 Å². The fourth-order valence-electron chi connectivity index (χ4n) is 3.89. The summed E-state index contributed by atoms with van der Waals surface area (Å²) in [6, 6.07) is 22.2. The molecule has 0 saturated heterocycles. The minimum Gasteiger partial charge on any atom is -0.486 e. The number of rotatable bonds is 6. The number of carbonyl (C=O) groups excluding carboxylic acids is 2. The number of para-hydroxylation sites is 2. The van der Waals surface area contributed by atoms with Crippen molar-refractivity contribution in [2.24, 2.45) is 0 Å². The van der Waals surface area contributed by atoms with E-state index in [9.17, 15) is 9.59 Å². The molecular formula is C25H22N4O4. The van der Waals surface area contributed by atoms with Gasteiger partial charge in [-0.25, -0.2) is 4.68 Å². The van der Waals surface area contributed by atoms with E-state index in [0.717, 1.165) is 36.2 Å². The molecule has 2 amide bonds. The van der Waals surface area contributed by atoms with Crippen LogP contribution in [0.5, 0.6) is 5.75 Å². The minimum atomic E-state index is -0.562. The van der Waals surface area contributed by atoms with Gasteiger partial charge in [-0.1, -0.05) is 36.4 Å². The average Bonchev–Trinajstić information content (AvgIpc) is 3.59. The Morgan fingerprint density at radius 1 is 0.909 bits per heavy atom. The highest BCUT2D eigenvalue weighted by atomic mass is 16.5. The van der Waals surface area contributed by atoms with Crippen LogP contribution in [0.3, 0.4) is 0 Å². The number of fused-ring (bicyclic) bond motifs is 1. The van der Waals surface area contributed by atoms with Crippen LogP contribution in [0.1, 0.15) is 44.5 Å². The molecule has 8 nitrogen and oxygen atoms in total. The van der Waals surface area contributed by atoms with Gasteiger partial charge in [0.05, 0.1) is 5.69 Å². The molecule has 2 aromatic heterocycles. The van der Waals surface area contributed by atoms with Crippen molar-refractivity contribution in [3.63, 3.8) is 0 Å². The van der Waals surface area contributed by atoms with Gasteiger partial charge in [0.15, 0.2) is 11.5 Å². The van der Waals surface area contributed by atoms with Gasteiger partial charge in [0.25, 0.3) is 5.91 Å². The van der Waals surface area contributed by atoms with Crippen LogP contribution in [0.2, 0.25) is 0 Å². The van der Waals surface area contributed by atoms with E-state index in [1.807, 2.05) is 65.3 Å². The predicted molar refractivity (Wildman–Crippen MR) is 120 cm³/mol. The van der Waals surface area contributed by atoms with Crippen molar-refractivity contribution < 1.29 is 18.7 Å². The Morgan fingerprint density at radius 3 is 2.42 bits per heavy atom. The first-order valence-electron chi connectivity index (χ1n) is 10.7. The van der Waals surface area contributed by atoms with Gasteiger partial charge in [0.1, 0.15) is 18.1 Å². The number of furan rings is 1. The lowest BCUT2D eigenvalue weighted by molar-refractivity contribution is 0.0825. The topological polar surface area (TPSA) is 98.4 Å². The number of benzene rings is 2. The van der Waals surface area contributed by atoms with Gasteiger partial charge in [0.2, 0.25) is 0 Å². The monoisotopic (exact) mass is 442 g/mol. The predicted octanol–water partition coefficient (Wildman–Crippen LogP) is 3.61. The lowest BCUT2D eigenvalue weighted by Crippen LogP contribution is -2.42. The summed E-state index contributed by atoms with van der Waals surface area (Å²) in [5.41, 5.74) is 8.03. The second-order valence-corrected chi connectivity index (χ2v) is 7.65. The SMILES string of the molecule is O=C(NNC(=O)c1nn(-c2ccccc2)c2c1CCC2)c1ccc(COc2ccccc2)o1. The molecule has 0 unspecified atom stereocenters. The molecule has 166 valence electrons. The Balaban J connectivity index is 1.22. The first-order valence-corrected chi connectivity index (χ1v) is 10.7. The number of hydrogen-bond acceptors (Lipinski definition) is 5. The van der Waals surface area contributed by atoms with E-state index in [-0.39, 0.29) is 12.4 Å². The zero-order valence-corrected chi connectivity index (χ0v) is 17.8. The van der Waals surface area contributed by atoms with Crippen LogP contribution in [0.25, 0.3) is 5.69 Å². The average molecular weight is 442 g/mol. The van der Waals surface area contributed by atoms with Crippen LogP contribution in [0.15, 0.2) is 77.2 Å². The second kappa shape index (κ2) is 9.04. The third kappa shape index (κ3) is 4.36. The molecule has 4 aromatic rings. The highest BCUT2D eigenvalue weighted by Crippen LogP contribution is 2.27. The van der Waals surface area contributed by atoms with E-state index in [4.69, 9.17) is 9.15 Å². The largest absolute Gasteiger partial charge is 0.486 e. The fourth-order valence-corrected chi connectivity index (χ4v) is 3.89. The van der Waals surface area contributed by atoms with Gasteiger partial charge in [-0.2, -0.15) is 5.10 Å². The maximum absolute atomic E-state index is 12.8. The molecule has 0 spiro atoms. The Kier molecular flexibility index (Phi) is 5.63. The smallest absolute Gasteiger partial charge is 0.305 e. The van der Waals surface area contributed by atoms with Crippen LogP contribution >= 0.6 is 0 Å². The second-order valence-electron chi connectivity index (χ2n) is 7.65. The van der Waals surface area contributed by atoms with E-state index in [1.165, 1.54) is 6.07 Å². The maximum atomic E-state index is 12.8.